The lowest BCUT2D eigenvalue weighted by molar-refractivity contribution is 0.596. The van der Waals surface area contributed by atoms with Gasteiger partial charge in [-0.05, 0) is 24.6 Å². The van der Waals surface area contributed by atoms with Gasteiger partial charge in [0.1, 0.15) is 4.90 Å². The van der Waals surface area contributed by atoms with Crippen molar-refractivity contribution in [2.45, 2.75) is 16.7 Å². The average Bonchev–Trinajstić information content (AvgIpc) is 2.84. The van der Waals surface area contributed by atoms with Gasteiger partial charge in [0.25, 0.3) is 10.0 Å². The number of nitrogens with two attached hydrogens (primary N) is 1. The third-order valence-corrected chi connectivity index (χ3v) is 5.01. The molecule has 0 saturated heterocycles. The second kappa shape index (κ2) is 4.89. The van der Waals surface area contributed by atoms with Crippen molar-refractivity contribution in [3.05, 3.63) is 36.2 Å². The minimum absolute atomic E-state index is 0.0575. The van der Waals surface area contributed by atoms with Crippen molar-refractivity contribution in [1.82, 2.24) is 10.2 Å². The van der Waals surface area contributed by atoms with Crippen LogP contribution < -0.4 is 9.86 Å². The maximum absolute atomic E-state index is 12.0. The topological polar surface area (TPSA) is 135 Å². The number of sulfonamides is 2. The molecule has 4 N–H and O–H groups in total. The molecule has 10 heteroatoms. The predicted molar refractivity (Wildman–Crippen MR) is 71.9 cm³/mol. The van der Waals surface area contributed by atoms with Crippen LogP contribution in [0.2, 0.25) is 0 Å². The monoisotopic (exact) mass is 316 g/mol. The molecule has 0 saturated carbocycles. The van der Waals surface area contributed by atoms with E-state index in [0.717, 1.165) is 6.20 Å². The molecule has 1 aromatic heterocycles. The van der Waals surface area contributed by atoms with E-state index in [1.807, 2.05) is 0 Å². The van der Waals surface area contributed by atoms with Gasteiger partial charge in [0, 0.05) is 6.20 Å². The Kier molecular flexibility index (Phi) is 3.54. The quantitative estimate of drug-likeness (QED) is 0.738. The van der Waals surface area contributed by atoms with Crippen LogP contribution in [0.15, 0.2) is 40.4 Å². The van der Waals surface area contributed by atoms with Crippen LogP contribution >= 0.6 is 0 Å². The van der Waals surface area contributed by atoms with Crippen LogP contribution in [0.1, 0.15) is 5.56 Å². The Morgan fingerprint density at radius 3 is 2.50 bits per heavy atom. The number of nitrogens with zero attached hydrogens (tertiary/aromatic N) is 1. The molecule has 108 valence electrons. The Balaban J connectivity index is 2.46. The number of nitrogens with one attached hydrogen (secondary N) is 2. The summed E-state index contributed by atoms with van der Waals surface area (Å²) in [5.41, 5.74) is 0.361. The number of hydrogen-bond donors (Lipinski definition) is 3. The zero-order valence-electron chi connectivity index (χ0n) is 10.4. The van der Waals surface area contributed by atoms with Gasteiger partial charge in [-0.15, -0.1) is 0 Å². The maximum Gasteiger partial charge on any atom is 0.265 e. The summed E-state index contributed by atoms with van der Waals surface area (Å²) < 4.78 is 49.1. The molecule has 0 radical (unpaired) electrons. The van der Waals surface area contributed by atoms with E-state index in [4.69, 9.17) is 5.14 Å². The standard InChI is InChI=1S/C10H12N4O4S2/c1-7-9(3-2-4-10(7)19(11,15)16)14-20(17,18)8-5-12-13-6-8/h2-6,14H,1H3,(H,12,13)(H2,11,15,16). The smallest absolute Gasteiger partial charge is 0.265 e. The number of benzene rings is 1. The Morgan fingerprint density at radius 1 is 1.25 bits per heavy atom. The van der Waals surface area contributed by atoms with Crippen LogP contribution in [0.3, 0.4) is 0 Å². The fourth-order valence-corrected chi connectivity index (χ4v) is 3.46. The van der Waals surface area contributed by atoms with Gasteiger partial charge in [-0.2, -0.15) is 5.10 Å². The third-order valence-electron chi connectivity index (χ3n) is 2.62. The van der Waals surface area contributed by atoms with Crippen LogP contribution in [0, 0.1) is 6.92 Å². The van der Waals surface area contributed by atoms with E-state index in [1.165, 1.54) is 31.3 Å². The van der Waals surface area contributed by atoms with Gasteiger partial charge in [-0.25, -0.2) is 22.0 Å². The molecule has 8 nitrogen and oxygen atoms in total. The maximum atomic E-state index is 12.0. The van der Waals surface area contributed by atoms with E-state index in [1.54, 1.807) is 0 Å². The first-order chi connectivity index (χ1) is 9.22. The molecular formula is C10H12N4O4S2. The highest BCUT2D eigenvalue weighted by molar-refractivity contribution is 7.92. The van der Waals surface area contributed by atoms with Crippen molar-refractivity contribution in [1.29, 1.82) is 0 Å². The summed E-state index contributed by atoms with van der Waals surface area (Å²) in [6, 6.07) is 4.15. The largest absolute Gasteiger partial charge is 0.284 e. The highest BCUT2D eigenvalue weighted by Gasteiger charge is 2.19. The predicted octanol–water partition coefficient (Wildman–Crippen LogP) is 0.166. The van der Waals surface area contributed by atoms with Gasteiger partial charge in [0.15, 0.2) is 0 Å². The molecule has 0 amide bonds. The van der Waals surface area contributed by atoms with Gasteiger partial charge < -0.3 is 0 Å². The van der Waals surface area contributed by atoms with E-state index >= 15 is 0 Å². The molecule has 0 aliphatic rings. The molecule has 0 unspecified atom stereocenters. The Morgan fingerprint density at radius 2 is 1.95 bits per heavy atom. The summed E-state index contributed by atoms with van der Waals surface area (Å²) >= 11 is 0. The van der Waals surface area contributed by atoms with Gasteiger partial charge in [-0.3, -0.25) is 9.82 Å². The molecule has 0 bridgehead atoms. The van der Waals surface area contributed by atoms with Gasteiger partial charge in [0.2, 0.25) is 10.0 Å². The van der Waals surface area contributed by atoms with Crippen molar-refractivity contribution in [3.8, 4) is 0 Å². The second-order valence-corrected chi connectivity index (χ2v) is 7.23. The van der Waals surface area contributed by atoms with Gasteiger partial charge >= 0.3 is 0 Å². The summed E-state index contributed by atoms with van der Waals surface area (Å²) in [4.78, 5) is -0.192. The van der Waals surface area contributed by atoms with Crippen molar-refractivity contribution in [3.63, 3.8) is 0 Å². The summed E-state index contributed by atoms with van der Waals surface area (Å²) in [7, 11) is -7.75. The zero-order valence-corrected chi connectivity index (χ0v) is 12.0. The summed E-state index contributed by atoms with van der Waals surface area (Å²) in [5, 5.41) is 11.0. The van der Waals surface area contributed by atoms with Crippen LogP contribution in [0.4, 0.5) is 5.69 Å². The molecular weight excluding hydrogens is 304 g/mol. The highest BCUT2D eigenvalue weighted by Crippen LogP contribution is 2.24. The van der Waals surface area contributed by atoms with Gasteiger partial charge in [0.05, 0.1) is 16.8 Å². The van der Waals surface area contributed by atoms with Crippen LogP contribution in [-0.4, -0.2) is 27.0 Å². The molecule has 2 rings (SSSR count). The highest BCUT2D eigenvalue weighted by atomic mass is 32.2. The molecule has 0 aliphatic carbocycles. The number of aromatic nitrogens is 2. The van der Waals surface area contributed by atoms with E-state index in [-0.39, 0.29) is 21.0 Å². The third kappa shape index (κ3) is 2.81. The number of anilines is 1. The number of hydrogen-bond acceptors (Lipinski definition) is 5. The minimum atomic E-state index is -3.92. The normalized spacial score (nSPS) is 12.3. The Labute approximate surface area is 116 Å². The number of rotatable bonds is 4. The number of aromatic amines is 1. The first kappa shape index (κ1) is 14.5. The average molecular weight is 316 g/mol. The van der Waals surface area contributed by atoms with Crippen LogP contribution in [-0.2, 0) is 20.0 Å². The summed E-state index contributed by atoms with van der Waals surface area (Å²) in [5.74, 6) is 0. The number of primary sulfonamides is 1. The Hall–Kier alpha value is -1.91. The molecule has 2 aromatic rings. The lowest BCUT2D eigenvalue weighted by Crippen LogP contribution is -2.17. The van der Waals surface area contributed by atoms with Gasteiger partial charge in [-0.1, -0.05) is 6.07 Å². The molecule has 1 aromatic carbocycles. The first-order valence-electron chi connectivity index (χ1n) is 5.36. The lowest BCUT2D eigenvalue weighted by atomic mass is 10.2. The van der Waals surface area contributed by atoms with E-state index in [2.05, 4.69) is 14.9 Å². The zero-order chi connectivity index (χ0) is 15.0. The number of H-pyrrole nitrogens is 1. The summed E-state index contributed by atoms with van der Waals surface area (Å²) in [6.07, 6.45) is 2.35. The summed E-state index contributed by atoms with van der Waals surface area (Å²) in [6.45, 7) is 1.47. The molecule has 1 heterocycles. The van der Waals surface area contributed by atoms with Crippen molar-refractivity contribution in [2.24, 2.45) is 5.14 Å². The molecule has 0 fully saturated rings. The van der Waals surface area contributed by atoms with Crippen LogP contribution in [0.25, 0.3) is 0 Å². The molecule has 0 atom stereocenters. The second-order valence-electron chi connectivity index (χ2n) is 4.01. The minimum Gasteiger partial charge on any atom is -0.284 e. The fraction of sp³-hybridized carbons (Fsp3) is 0.100. The molecule has 0 aliphatic heterocycles. The van der Waals surface area contributed by atoms with E-state index in [0.29, 0.717) is 0 Å². The van der Waals surface area contributed by atoms with E-state index in [9.17, 15) is 16.8 Å². The first-order valence-corrected chi connectivity index (χ1v) is 8.39. The van der Waals surface area contributed by atoms with Crippen LogP contribution in [0.5, 0.6) is 0 Å². The van der Waals surface area contributed by atoms with Crippen molar-refractivity contribution >= 4 is 25.7 Å². The molecule has 20 heavy (non-hydrogen) atoms. The SMILES string of the molecule is Cc1c(NS(=O)(=O)c2cn[nH]c2)cccc1S(N)(=O)=O. The molecule has 0 spiro atoms. The van der Waals surface area contributed by atoms with E-state index < -0.39 is 20.0 Å². The Bertz CT molecular complexity index is 826. The van der Waals surface area contributed by atoms with Crippen molar-refractivity contribution in [2.75, 3.05) is 4.72 Å². The fourth-order valence-electron chi connectivity index (χ4n) is 1.62. The van der Waals surface area contributed by atoms with Crippen molar-refractivity contribution < 1.29 is 16.8 Å². The lowest BCUT2D eigenvalue weighted by Gasteiger charge is -2.11.